The third-order valence-electron chi connectivity index (χ3n) is 6.39. The number of halogens is 4. The van der Waals surface area contributed by atoms with Crippen molar-refractivity contribution in [3.63, 3.8) is 0 Å². The van der Waals surface area contributed by atoms with Gasteiger partial charge in [0.05, 0.1) is 30.2 Å². The smallest absolute Gasteiger partial charge is 0.416 e. The van der Waals surface area contributed by atoms with Gasteiger partial charge in [0.15, 0.2) is 9.84 Å². The van der Waals surface area contributed by atoms with E-state index >= 15 is 0 Å². The summed E-state index contributed by atoms with van der Waals surface area (Å²) < 4.78 is 89.9. The fourth-order valence-corrected chi connectivity index (χ4v) is 5.19. The van der Waals surface area contributed by atoms with Gasteiger partial charge in [-0.2, -0.15) is 13.2 Å². The summed E-state index contributed by atoms with van der Waals surface area (Å²) in [5.41, 5.74) is 1.25. The van der Waals surface area contributed by atoms with Crippen LogP contribution in [0.1, 0.15) is 22.7 Å². The topological polar surface area (TPSA) is 88.1 Å². The van der Waals surface area contributed by atoms with Gasteiger partial charge in [-0.1, -0.05) is 12.1 Å². The lowest BCUT2D eigenvalue weighted by Gasteiger charge is -2.29. The number of methoxy groups -OCH3 is 1. The lowest BCUT2D eigenvalue weighted by molar-refractivity contribution is -0.137. The summed E-state index contributed by atoms with van der Waals surface area (Å²) in [6.45, 7) is 0.153. The van der Waals surface area contributed by atoms with E-state index < -0.39 is 33.4 Å². The first-order valence-electron chi connectivity index (χ1n) is 12.0. The minimum atomic E-state index is -4.51. The van der Waals surface area contributed by atoms with E-state index in [0.717, 1.165) is 30.0 Å². The van der Waals surface area contributed by atoms with Gasteiger partial charge in [-0.05, 0) is 42.3 Å². The van der Waals surface area contributed by atoms with Crippen LogP contribution in [-0.2, 0) is 22.4 Å². The summed E-state index contributed by atoms with van der Waals surface area (Å²) >= 11 is 0. The van der Waals surface area contributed by atoms with Crippen molar-refractivity contribution >= 4 is 21.2 Å². The average molecular weight is 569 g/mol. The van der Waals surface area contributed by atoms with Crippen molar-refractivity contribution in [2.75, 3.05) is 49.9 Å². The van der Waals surface area contributed by atoms with Gasteiger partial charge in [0.1, 0.15) is 23.9 Å². The zero-order valence-corrected chi connectivity index (χ0v) is 22.1. The molecule has 0 fully saturated rings. The average Bonchev–Trinajstić information content (AvgIpc) is 3.28. The molecule has 2 N–H and O–H groups in total. The van der Waals surface area contributed by atoms with E-state index in [1.54, 1.807) is 11.0 Å². The molecule has 0 saturated carbocycles. The Morgan fingerprint density at radius 1 is 1.10 bits per heavy atom. The van der Waals surface area contributed by atoms with Crippen molar-refractivity contribution in [1.82, 2.24) is 0 Å². The maximum absolute atomic E-state index is 14.1. The van der Waals surface area contributed by atoms with E-state index in [0.29, 0.717) is 29.9 Å². The van der Waals surface area contributed by atoms with Crippen LogP contribution in [0.4, 0.5) is 28.9 Å². The number of hydrogen-bond acceptors (Lipinski definition) is 7. The predicted molar refractivity (Wildman–Crippen MR) is 139 cm³/mol. The number of nitrogens with one attached hydrogen (secondary N) is 1. The number of rotatable bonds is 10. The molecule has 3 aromatic rings. The first kappa shape index (κ1) is 28.5. The van der Waals surface area contributed by atoms with Crippen molar-refractivity contribution in [1.29, 1.82) is 0 Å². The number of ether oxygens (including phenoxy) is 2. The highest BCUT2D eigenvalue weighted by Gasteiger charge is 2.33. The largest absolute Gasteiger partial charge is 0.497 e. The normalized spacial score (nSPS) is 14.2. The first-order chi connectivity index (χ1) is 18.4. The highest BCUT2D eigenvalue weighted by molar-refractivity contribution is 7.90. The van der Waals surface area contributed by atoms with Gasteiger partial charge in [-0.25, -0.2) is 12.8 Å². The van der Waals surface area contributed by atoms with Crippen molar-refractivity contribution < 1.29 is 40.6 Å². The molecule has 3 aromatic carbocycles. The number of benzene rings is 3. The Labute approximate surface area is 223 Å². The Bertz CT molecular complexity index is 1450. The number of aliphatic hydroxyl groups is 1. The summed E-state index contributed by atoms with van der Waals surface area (Å²) in [5.74, 6) is -0.167. The quantitative estimate of drug-likeness (QED) is 0.339. The molecule has 0 aromatic heterocycles. The van der Waals surface area contributed by atoms with Gasteiger partial charge < -0.3 is 24.8 Å². The molecule has 1 aliphatic heterocycles. The molecule has 210 valence electrons. The van der Waals surface area contributed by atoms with Crippen LogP contribution in [0.25, 0.3) is 0 Å². The van der Waals surface area contributed by atoms with Crippen LogP contribution in [0.15, 0.2) is 59.5 Å². The fraction of sp³-hybridized carbons (Fsp3) is 0.333. The number of sulfone groups is 1. The summed E-state index contributed by atoms with van der Waals surface area (Å²) in [6.07, 6.45) is -2.91. The number of fused-ring (bicyclic) bond motifs is 1. The molecule has 12 heteroatoms. The van der Waals surface area contributed by atoms with Crippen LogP contribution >= 0.6 is 0 Å². The van der Waals surface area contributed by atoms with Gasteiger partial charge >= 0.3 is 6.18 Å². The monoisotopic (exact) mass is 568 g/mol. The second-order valence-electron chi connectivity index (χ2n) is 9.16. The molecule has 39 heavy (non-hydrogen) atoms. The SMILES string of the molecule is COc1cc(NC(CN2CCc3ccc(C(F)(F)F)cc32)c2ccc(F)cc2OCCO)cc(S(C)(=O)=O)c1. The Morgan fingerprint density at radius 3 is 2.54 bits per heavy atom. The molecule has 0 radical (unpaired) electrons. The van der Waals surface area contributed by atoms with Crippen LogP contribution in [0.2, 0.25) is 0 Å². The molecule has 1 heterocycles. The summed E-state index contributed by atoms with van der Waals surface area (Å²) in [5, 5.41) is 12.5. The Morgan fingerprint density at radius 2 is 1.87 bits per heavy atom. The van der Waals surface area contributed by atoms with Gasteiger partial charge in [-0.15, -0.1) is 0 Å². The van der Waals surface area contributed by atoms with E-state index in [2.05, 4.69) is 5.32 Å². The van der Waals surface area contributed by atoms with Crippen LogP contribution in [0.5, 0.6) is 11.5 Å². The molecule has 1 unspecified atom stereocenters. The standard InChI is InChI=1S/C27H28F4N2O5S/c1-37-21-13-20(14-22(15-21)39(2,35)36)32-24(23-6-5-19(28)12-26(23)38-10-9-34)16-33-8-7-17-3-4-18(11-25(17)33)27(29,30)31/h3-6,11-15,24,32,34H,7-10,16H2,1-2H3. The molecule has 0 amide bonds. The summed E-state index contributed by atoms with van der Waals surface area (Å²) in [4.78, 5) is 1.79. The Kier molecular flexibility index (Phi) is 8.26. The summed E-state index contributed by atoms with van der Waals surface area (Å²) in [6, 6.07) is 11.2. The number of hydrogen-bond donors (Lipinski definition) is 2. The molecule has 0 aliphatic carbocycles. The third-order valence-corrected chi connectivity index (χ3v) is 7.48. The van der Waals surface area contributed by atoms with Crippen molar-refractivity contribution in [2.45, 2.75) is 23.5 Å². The van der Waals surface area contributed by atoms with E-state index in [1.807, 2.05) is 0 Å². The molecule has 0 bridgehead atoms. The third kappa shape index (κ3) is 6.74. The van der Waals surface area contributed by atoms with Crippen molar-refractivity contribution in [3.05, 3.63) is 77.1 Å². The zero-order chi connectivity index (χ0) is 28.4. The second-order valence-corrected chi connectivity index (χ2v) is 11.2. The molecule has 0 saturated heterocycles. The molecular formula is C27H28F4N2O5S. The minimum Gasteiger partial charge on any atom is -0.497 e. The van der Waals surface area contributed by atoms with Gasteiger partial charge in [0.2, 0.25) is 0 Å². The van der Waals surface area contributed by atoms with Crippen LogP contribution in [0, 0.1) is 5.82 Å². The molecule has 0 spiro atoms. The number of alkyl halides is 3. The van der Waals surface area contributed by atoms with Crippen LogP contribution in [-0.4, -0.2) is 53.2 Å². The van der Waals surface area contributed by atoms with E-state index in [9.17, 15) is 31.1 Å². The van der Waals surface area contributed by atoms with Gasteiger partial charge in [0.25, 0.3) is 0 Å². The van der Waals surface area contributed by atoms with Crippen molar-refractivity contribution in [2.24, 2.45) is 0 Å². The molecular weight excluding hydrogens is 540 g/mol. The zero-order valence-electron chi connectivity index (χ0n) is 21.3. The number of nitrogens with zero attached hydrogens (tertiary/aromatic N) is 1. The lowest BCUT2D eigenvalue weighted by Crippen LogP contribution is -2.31. The maximum Gasteiger partial charge on any atom is 0.416 e. The molecule has 1 atom stereocenters. The van der Waals surface area contributed by atoms with E-state index in [-0.39, 0.29) is 36.2 Å². The first-order valence-corrected chi connectivity index (χ1v) is 13.9. The fourth-order valence-electron chi connectivity index (χ4n) is 4.52. The highest BCUT2D eigenvalue weighted by Crippen LogP contribution is 2.38. The minimum absolute atomic E-state index is 0.000275. The predicted octanol–water partition coefficient (Wildman–Crippen LogP) is 4.84. The van der Waals surface area contributed by atoms with Crippen LogP contribution in [0.3, 0.4) is 0 Å². The molecule has 1 aliphatic rings. The highest BCUT2D eigenvalue weighted by atomic mass is 32.2. The van der Waals surface area contributed by atoms with Gasteiger partial charge in [-0.3, -0.25) is 0 Å². The Balaban J connectivity index is 1.77. The lowest BCUT2D eigenvalue weighted by atomic mass is 10.0. The second kappa shape index (κ2) is 11.3. The summed E-state index contributed by atoms with van der Waals surface area (Å²) in [7, 11) is -2.21. The molecule has 4 rings (SSSR count). The maximum atomic E-state index is 14.1. The van der Waals surface area contributed by atoms with Gasteiger partial charge in [0, 0.05) is 48.4 Å². The Hall–Kier alpha value is -3.51. The van der Waals surface area contributed by atoms with E-state index in [4.69, 9.17) is 9.47 Å². The van der Waals surface area contributed by atoms with Crippen molar-refractivity contribution in [3.8, 4) is 11.5 Å². The van der Waals surface area contributed by atoms with Crippen LogP contribution < -0.4 is 19.7 Å². The number of anilines is 2. The van der Waals surface area contributed by atoms with E-state index in [1.165, 1.54) is 37.4 Å². The number of aliphatic hydroxyl groups excluding tert-OH is 1. The molecule has 7 nitrogen and oxygen atoms in total.